The second-order valence-corrected chi connectivity index (χ2v) is 7.06. The van der Waals surface area contributed by atoms with Gasteiger partial charge in [-0.05, 0) is 11.5 Å². The number of carbonyl (C=O) groups is 1. The lowest BCUT2D eigenvalue weighted by Gasteiger charge is -2.36. The van der Waals surface area contributed by atoms with E-state index in [-0.39, 0.29) is 22.8 Å². The summed E-state index contributed by atoms with van der Waals surface area (Å²) in [5, 5.41) is 11.7. The van der Waals surface area contributed by atoms with E-state index in [0.717, 1.165) is 0 Å². The topological polar surface area (TPSA) is 105 Å². The second kappa shape index (κ2) is 5.91. The van der Waals surface area contributed by atoms with Crippen molar-refractivity contribution >= 4 is 5.78 Å². The van der Waals surface area contributed by atoms with Crippen LogP contribution in [0.3, 0.4) is 0 Å². The number of carbonyl (C=O) groups excluding carboxylic acids is 1. The van der Waals surface area contributed by atoms with Crippen LogP contribution in [0.5, 0.6) is 5.75 Å². The van der Waals surface area contributed by atoms with E-state index in [1.807, 2.05) is 13.8 Å². The van der Waals surface area contributed by atoms with Crippen molar-refractivity contribution in [3.63, 3.8) is 0 Å². The average Bonchev–Trinajstić information content (AvgIpc) is 2.51. The lowest BCUT2D eigenvalue weighted by atomic mass is 9.71. The summed E-state index contributed by atoms with van der Waals surface area (Å²) in [6.45, 7) is 3.91. The molecule has 2 aliphatic rings. The highest BCUT2D eigenvalue weighted by atomic mass is 16.6. The van der Waals surface area contributed by atoms with Gasteiger partial charge in [-0.15, -0.1) is 0 Å². The minimum absolute atomic E-state index is 0.158. The molecule has 0 fully saturated rings. The molecule has 0 radical (unpaired) electrons. The molecule has 132 valence electrons. The number of allylic oxidation sites excluding steroid dienone is 2. The van der Waals surface area contributed by atoms with Crippen LogP contribution >= 0.6 is 0 Å². The van der Waals surface area contributed by atoms with Crippen LogP contribution in [0.2, 0.25) is 0 Å². The van der Waals surface area contributed by atoms with Crippen LogP contribution < -0.4 is 10.5 Å². The first kappa shape index (κ1) is 17.0. The summed E-state index contributed by atoms with van der Waals surface area (Å²) in [6, 6.07) is 6.93. The predicted octanol–water partition coefficient (Wildman–Crippen LogP) is 2.86. The Morgan fingerprint density at radius 2 is 2.00 bits per heavy atom. The summed E-state index contributed by atoms with van der Waals surface area (Å²) in [6.07, 6.45) is 0.789. The number of benzene rings is 1. The highest BCUT2D eigenvalue weighted by molar-refractivity contribution is 5.99. The number of hydrogen-bond acceptors (Lipinski definition) is 6. The van der Waals surface area contributed by atoms with Gasteiger partial charge in [-0.1, -0.05) is 32.0 Å². The third-order valence-corrected chi connectivity index (χ3v) is 4.57. The zero-order chi connectivity index (χ0) is 18.4. The predicted molar refractivity (Wildman–Crippen MR) is 90.1 cm³/mol. The van der Waals surface area contributed by atoms with E-state index in [2.05, 4.69) is 0 Å². The van der Waals surface area contributed by atoms with E-state index >= 15 is 0 Å². The molecule has 1 heterocycles. The summed E-state index contributed by atoms with van der Waals surface area (Å²) in [4.78, 5) is 23.9. The Morgan fingerprint density at radius 3 is 2.64 bits per heavy atom. The molecule has 0 spiro atoms. The molecule has 7 heteroatoms. The highest BCUT2D eigenvalue weighted by Crippen LogP contribution is 2.49. The Morgan fingerprint density at radius 1 is 1.32 bits per heavy atom. The zero-order valence-corrected chi connectivity index (χ0v) is 14.4. The molecule has 0 saturated heterocycles. The first-order valence-corrected chi connectivity index (χ1v) is 7.96. The van der Waals surface area contributed by atoms with Gasteiger partial charge in [0.05, 0.1) is 17.6 Å². The minimum Gasteiger partial charge on any atom is -0.496 e. The van der Waals surface area contributed by atoms with Crippen LogP contribution in [0.25, 0.3) is 0 Å². The highest BCUT2D eigenvalue weighted by Gasteiger charge is 2.48. The fraction of sp³-hybridized carbons (Fsp3) is 0.389. The van der Waals surface area contributed by atoms with E-state index in [1.165, 1.54) is 7.11 Å². The monoisotopic (exact) mass is 344 g/mol. The van der Waals surface area contributed by atoms with Gasteiger partial charge in [0.1, 0.15) is 17.4 Å². The fourth-order valence-electron chi connectivity index (χ4n) is 3.56. The number of nitrogens with two attached hydrogens (primary N) is 1. The molecular formula is C18H20N2O5. The van der Waals surface area contributed by atoms with Crippen molar-refractivity contribution in [2.45, 2.75) is 32.6 Å². The van der Waals surface area contributed by atoms with Gasteiger partial charge in [0.2, 0.25) is 0 Å². The number of para-hydroxylation sites is 1. The fourth-order valence-corrected chi connectivity index (χ4v) is 3.56. The lowest BCUT2D eigenvalue weighted by Crippen LogP contribution is -2.35. The molecule has 1 atom stereocenters. The Kier molecular flexibility index (Phi) is 4.02. The largest absolute Gasteiger partial charge is 0.496 e. The summed E-state index contributed by atoms with van der Waals surface area (Å²) in [5.74, 6) is -0.455. The third-order valence-electron chi connectivity index (χ3n) is 4.57. The minimum atomic E-state index is -0.904. The molecule has 1 aromatic carbocycles. The molecule has 1 aliphatic heterocycles. The van der Waals surface area contributed by atoms with Gasteiger partial charge in [0.15, 0.2) is 5.78 Å². The van der Waals surface area contributed by atoms with E-state index in [9.17, 15) is 14.9 Å². The molecule has 1 aliphatic carbocycles. The van der Waals surface area contributed by atoms with Crippen LogP contribution in [0.1, 0.15) is 38.2 Å². The molecule has 0 aromatic heterocycles. The van der Waals surface area contributed by atoms with Crippen molar-refractivity contribution in [3.05, 3.63) is 62.9 Å². The molecule has 1 aromatic rings. The maximum Gasteiger partial charge on any atom is 0.317 e. The van der Waals surface area contributed by atoms with Crippen molar-refractivity contribution in [3.8, 4) is 5.75 Å². The zero-order valence-electron chi connectivity index (χ0n) is 14.4. The van der Waals surface area contributed by atoms with Crippen LogP contribution in [0.15, 0.2) is 47.2 Å². The van der Waals surface area contributed by atoms with Crippen molar-refractivity contribution in [2.75, 3.05) is 7.11 Å². The summed E-state index contributed by atoms with van der Waals surface area (Å²) < 4.78 is 10.9. The summed E-state index contributed by atoms with van der Waals surface area (Å²) in [7, 11) is 1.48. The van der Waals surface area contributed by atoms with Crippen molar-refractivity contribution in [1.29, 1.82) is 0 Å². The van der Waals surface area contributed by atoms with E-state index in [1.54, 1.807) is 24.3 Å². The summed E-state index contributed by atoms with van der Waals surface area (Å²) in [5.41, 5.74) is 6.10. The molecule has 0 amide bonds. The Labute approximate surface area is 145 Å². The number of hydrogen-bond donors (Lipinski definition) is 1. The van der Waals surface area contributed by atoms with E-state index < -0.39 is 10.8 Å². The average molecular weight is 344 g/mol. The van der Waals surface area contributed by atoms with Crippen LogP contribution in [0, 0.1) is 15.5 Å². The number of nitrogens with zero attached hydrogens (tertiary/aromatic N) is 1. The second-order valence-electron chi connectivity index (χ2n) is 7.06. The number of nitro groups is 1. The quantitative estimate of drug-likeness (QED) is 0.668. The van der Waals surface area contributed by atoms with Gasteiger partial charge in [0, 0.05) is 18.4 Å². The number of ketones is 1. The first-order chi connectivity index (χ1) is 11.7. The van der Waals surface area contributed by atoms with Crippen molar-refractivity contribution < 1.29 is 19.2 Å². The van der Waals surface area contributed by atoms with Crippen molar-refractivity contribution in [1.82, 2.24) is 0 Å². The molecule has 2 N–H and O–H groups in total. The third kappa shape index (κ3) is 2.86. The summed E-state index contributed by atoms with van der Waals surface area (Å²) >= 11 is 0. The molecule has 7 nitrogen and oxygen atoms in total. The number of Topliss-reactive ketones (excluding diaryl/α,β-unsaturated/α-hetero) is 1. The van der Waals surface area contributed by atoms with Crippen LogP contribution in [0.4, 0.5) is 0 Å². The van der Waals surface area contributed by atoms with Gasteiger partial charge in [-0.25, -0.2) is 0 Å². The SMILES string of the molecule is COc1ccccc1[C@@H]1C2=C(CC(C)(C)CC2=O)OC(N)=C1[N+](=O)[O-]. The maximum atomic E-state index is 12.8. The van der Waals surface area contributed by atoms with Gasteiger partial charge < -0.3 is 15.2 Å². The Hall–Kier alpha value is -2.83. The van der Waals surface area contributed by atoms with Crippen LogP contribution in [-0.2, 0) is 9.53 Å². The maximum absolute atomic E-state index is 12.8. The van der Waals surface area contributed by atoms with Gasteiger partial charge in [-0.2, -0.15) is 0 Å². The first-order valence-electron chi connectivity index (χ1n) is 7.96. The van der Waals surface area contributed by atoms with Gasteiger partial charge in [0.25, 0.3) is 5.88 Å². The number of rotatable bonds is 3. The molecular weight excluding hydrogens is 324 g/mol. The molecule has 0 bridgehead atoms. The van der Waals surface area contributed by atoms with Crippen LogP contribution in [-0.4, -0.2) is 17.8 Å². The number of ether oxygens (including phenoxy) is 2. The number of methoxy groups -OCH3 is 1. The van der Waals surface area contributed by atoms with Crippen molar-refractivity contribution in [2.24, 2.45) is 11.1 Å². The molecule has 25 heavy (non-hydrogen) atoms. The molecule has 0 unspecified atom stereocenters. The lowest BCUT2D eigenvalue weighted by molar-refractivity contribution is -0.433. The van der Waals surface area contributed by atoms with E-state index in [4.69, 9.17) is 15.2 Å². The molecule has 0 saturated carbocycles. The smallest absolute Gasteiger partial charge is 0.317 e. The van der Waals surface area contributed by atoms with Gasteiger partial charge >= 0.3 is 5.70 Å². The normalized spacial score (nSPS) is 22.4. The van der Waals surface area contributed by atoms with E-state index in [0.29, 0.717) is 35.5 Å². The van der Waals surface area contributed by atoms with Gasteiger partial charge in [-0.3, -0.25) is 14.9 Å². The Bertz CT molecular complexity index is 823. The standard InChI is InChI=1S/C18H20N2O5/c1-18(2)8-11(21)15-13(9-18)25-17(19)16(20(22)23)14(15)10-6-4-5-7-12(10)24-3/h4-7,14H,8-9,19H2,1-3H3/t14-/m1/s1. The molecule has 3 rings (SSSR count). The Balaban J connectivity index is 2.25.